The zero-order chi connectivity index (χ0) is 22.3. The van der Waals surface area contributed by atoms with Crippen molar-refractivity contribution in [3.05, 3.63) is 94.8 Å². The molecule has 1 unspecified atom stereocenters. The third-order valence-electron chi connectivity index (χ3n) is 5.69. The van der Waals surface area contributed by atoms with Crippen LogP contribution in [0.15, 0.2) is 72.8 Å². The normalized spacial score (nSPS) is 16.5. The summed E-state index contributed by atoms with van der Waals surface area (Å²) in [7, 11) is 0. The maximum absolute atomic E-state index is 14.1. The number of carbonyl (C=O) groups excluding carboxylic acids is 1. The van der Waals surface area contributed by atoms with Crippen molar-refractivity contribution in [2.24, 2.45) is 5.92 Å². The molecule has 1 heterocycles. The Morgan fingerprint density at radius 2 is 1.84 bits per heavy atom. The summed E-state index contributed by atoms with van der Waals surface area (Å²) in [5.74, 6) is 0.270. The Bertz CT molecular complexity index is 1020. The highest BCUT2D eigenvalue weighted by Gasteiger charge is 2.26. The van der Waals surface area contributed by atoms with Gasteiger partial charge in [-0.15, -0.1) is 0 Å². The minimum Gasteiger partial charge on any atom is -0.489 e. The number of amides is 1. The van der Waals surface area contributed by atoms with Crippen molar-refractivity contribution in [1.82, 2.24) is 4.90 Å². The SMILES string of the molecule is O=C(Nc1ccc(OCc2ccccc2)cc1)C1CCCN(Cc2c(F)cccc2Cl)C1. The molecular weight excluding hydrogens is 427 g/mol. The Morgan fingerprint density at radius 3 is 2.59 bits per heavy atom. The summed E-state index contributed by atoms with van der Waals surface area (Å²) in [6.07, 6.45) is 1.70. The van der Waals surface area contributed by atoms with Crippen molar-refractivity contribution >= 4 is 23.2 Å². The number of nitrogens with one attached hydrogen (secondary N) is 1. The van der Waals surface area contributed by atoms with Crippen LogP contribution in [0.1, 0.15) is 24.0 Å². The van der Waals surface area contributed by atoms with Crippen LogP contribution in [0.4, 0.5) is 10.1 Å². The molecule has 1 atom stereocenters. The van der Waals surface area contributed by atoms with Gasteiger partial charge in [-0.2, -0.15) is 0 Å². The van der Waals surface area contributed by atoms with Crippen molar-refractivity contribution in [3.8, 4) is 5.75 Å². The topological polar surface area (TPSA) is 41.6 Å². The van der Waals surface area contributed by atoms with Gasteiger partial charge in [0.1, 0.15) is 18.2 Å². The van der Waals surface area contributed by atoms with Gasteiger partial charge >= 0.3 is 0 Å². The molecule has 6 heteroatoms. The van der Waals surface area contributed by atoms with E-state index in [1.54, 1.807) is 12.1 Å². The van der Waals surface area contributed by atoms with E-state index in [1.165, 1.54) is 6.07 Å². The van der Waals surface area contributed by atoms with Crippen molar-refractivity contribution in [1.29, 1.82) is 0 Å². The molecule has 1 aliphatic heterocycles. The number of rotatable bonds is 7. The number of hydrogen-bond donors (Lipinski definition) is 1. The molecule has 0 saturated carbocycles. The molecule has 3 aromatic carbocycles. The first-order chi connectivity index (χ1) is 15.6. The van der Waals surface area contributed by atoms with Crippen molar-refractivity contribution in [2.45, 2.75) is 26.0 Å². The van der Waals surface area contributed by atoms with Gasteiger partial charge in [0.2, 0.25) is 5.91 Å². The number of benzene rings is 3. The third kappa shape index (κ3) is 5.87. The third-order valence-corrected chi connectivity index (χ3v) is 6.04. The van der Waals surface area contributed by atoms with Crippen molar-refractivity contribution in [3.63, 3.8) is 0 Å². The van der Waals surface area contributed by atoms with Crippen LogP contribution >= 0.6 is 11.6 Å². The van der Waals surface area contributed by atoms with Crippen LogP contribution in [0.3, 0.4) is 0 Å². The Balaban J connectivity index is 1.30. The summed E-state index contributed by atoms with van der Waals surface area (Å²) in [5.41, 5.74) is 2.32. The Morgan fingerprint density at radius 1 is 1.06 bits per heavy atom. The molecule has 166 valence electrons. The van der Waals surface area contributed by atoms with Crippen LogP contribution in [0, 0.1) is 11.7 Å². The number of nitrogens with zero attached hydrogens (tertiary/aromatic N) is 1. The van der Waals surface area contributed by atoms with Crippen LogP contribution in [-0.4, -0.2) is 23.9 Å². The molecule has 0 radical (unpaired) electrons. The van der Waals surface area contributed by atoms with Crippen LogP contribution < -0.4 is 10.1 Å². The monoisotopic (exact) mass is 452 g/mol. The molecule has 4 rings (SSSR count). The zero-order valence-electron chi connectivity index (χ0n) is 17.8. The molecule has 1 aliphatic rings. The summed E-state index contributed by atoms with van der Waals surface area (Å²) >= 11 is 6.17. The number of hydrogen-bond acceptors (Lipinski definition) is 3. The highest BCUT2D eigenvalue weighted by atomic mass is 35.5. The maximum Gasteiger partial charge on any atom is 0.228 e. The van der Waals surface area contributed by atoms with Crippen LogP contribution in [0.5, 0.6) is 5.75 Å². The minimum absolute atomic E-state index is 0.0210. The van der Waals surface area contributed by atoms with E-state index in [0.717, 1.165) is 36.4 Å². The molecule has 1 N–H and O–H groups in total. The molecule has 0 spiro atoms. The van der Waals surface area contributed by atoms with Gasteiger partial charge < -0.3 is 10.1 Å². The molecule has 0 aliphatic carbocycles. The van der Waals surface area contributed by atoms with E-state index >= 15 is 0 Å². The van der Waals surface area contributed by atoms with Gasteiger partial charge in [-0.05, 0) is 61.3 Å². The van der Waals surface area contributed by atoms with E-state index in [9.17, 15) is 9.18 Å². The lowest BCUT2D eigenvalue weighted by Crippen LogP contribution is -2.40. The summed E-state index contributed by atoms with van der Waals surface area (Å²) in [6, 6.07) is 22.1. The largest absolute Gasteiger partial charge is 0.489 e. The zero-order valence-corrected chi connectivity index (χ0v) is 18.5. The van der Waals surface area contributed by atoms with Gasteiger partial charge in [0.05, 0.1) is 5.92 Å². The van der Waals surface area contributed by atoms with Crippen LogP contribution in [0.25, 0.3) is 0 Å². The summed E-state index contributed by atoms with van der Waals surface area (Å²) < 4.78 is 19.9. The highest BCUT2D eigenvalue weighted by Crippen LogP contribution is 2.25. The van der Waals surface area contributed by atoms with Gasteiger partial charge in [-0.1, -0.05) is 48.0 Å². The summed E-state index contributed by atoms with van der Waals surface area (Å²) in [5, 5.41) is 3.42. The molecular formula is C26H26ClFN2O2. The lowest BCUT2D eigenvalue weighted by atomic mass is 9.96. The minimum atomic E-state index is -0.307. The lowest BCUT2D eigenvalue weighted by molar-refractivity contribution is -0.121. The van der Waals surface area contributed by atoms with Gasteiger partial charge in [-0.25, -0.2) is 4.39 Å². The summed E-state index contributed by atoms with van der Waals surface area (Å²) in [4.78, 5) is 14.9. The van der Waals surface area contributed by atoms with Gasteiger partial charge in [0, 0.05) is 29.4 Å². The second-order valence-corrected chi connectivity index (χ2v) is 8.47. The van der Waals surface area contributed by atoms with E-state index in [-0.39, 0.29) is 17.6 Å². The van der Waals surface area contributed by atoms with E-state index in [0.29, 0.717) is 30.3 Å². The number of piperidine rings is 1. The predicted octanol–water partition coefficient (Wildman–Crippen LogP) is 5.91. The Kier molecular flexibility index (Phi) is 7.40. The number of likely N-dealkylation sites (tertiary alicyclic amines) is 1. The lowest BCUT2D eigenvalue weighted by Gasteiger charge is -2.32. The second kappa shape index (κ2) is 10.6. The fraction of sp³-hybridized carbons (Fsp3) is 0.269. The van der Waals surface area contributed by atoms with Crippen molar-refractivity contribution in [2.75, 3.05) is 18.4 Å². The molecule has 1 saturated heterocycles. The average Bonchev–Trinajstić information content (AvgIpc) is 2.82. The van der Waals surface area contributed by atoms with Gasteiger partial charge in [0.25, 0.3) is 0 Å². The standard InChI is InChI=1S/C26H26ClFN2O2/c27-24-9-4-10-25(28)23(24)17-30-15-5-8-20(16-30)26(31)29-21-11-13-22(14-12-21)32-18-19-6-2-1-3-7-19/h1-4,6-7,9-14,20H,5,8,15-18H2,(H,29,31). The molecule has 1 amide bonds. The Labute approximate surface area is 193 Å². The fourth-order valence-corrected chi connectivity index (χ4v) is 4.16. The van der Waals surface area contributed by atoms with E-state index in [2.05, 4.69) is 10.2 Å². The van der Waals surface area contributed by atoms with Gasteiger partial charge in [-0.3, -0.25) is 9.69 Å². The maximum atomic E-state index is 14.1. The molecule has 0 aromatic heterocycles. The highest BCUT2D eigenvalue weighted by molar-refractivity contribution is 6.31. The van der Waals surface area contributed by atoms with Crippen molar-refractivity contribution < 1.29 is 13.9 Å². The Hall–Kier alpha value is -2.89. The molecule has 4 nitrogen and oxygen atoms in total. The average molecular weight is 453 g/mol. The van der Waals surface area contributed by atoms with E-state index in [4.69, 9.17) is 16.3 Å². The number of anilines is 1. The van der Waals surface area contributed by atoms with E-state index < -0.39 is 0 Å². The number of ether oxygens (including phenoxy) is 1. The first kappa shape index (κ1) is 22.3. The first-order valence-corrected chi connectivity index (χ1v) is 11.2. The van der Waals surface area contributed by atoms with Crippen LogP contribution in [-0.2, 0) is 17.9 Å². The molecule has 0 bridgehead atoms. The number of halogens is 2. The quantitative estimate of drug-likeness (QED) is 0.484. The van der Waals surface area contributed by atoms with Crippen LogP contribution in [0.2, 0.25) is 5.02 Å². The van der Waals surface area contributed by atoms with E-state index in [1.807, 2.05) is 54.6 Å². The molecule has 1 fully saturated rings. The fourth-order valence-electron chi connectivity index (χ4n) is 3.94. The first-order valence-electron chi connectivity index (χ1n) is 10.8. The predicted molar refractivity (Wildman–Crippen MR) is 125 cm³/mol. The summed E-state index contributed by atoms with van der Waals surface area (Å²) in [6.45, 7) is 2.30. The smallest absolute Gasteiger partial charge is 0.228 e. The molecule has 3 aromatic rings. The van der Waals surface area contributed by atoms with Gasteiger partial charge in [0.15, 0.2) is 0 Å². The second-order valence-electron chi connectivity index (χ2n) is 8.06. The number of carbonyl (C=O) groups is 1. The molecule has 32 heavy (non-hydrogen) atoms.